The van der Waals surface area contributed by atoms with Crippen LogP contribution in [0, 0.1) is 35.2 Å². The predicted molar refractivity (Wildman–Crippen MR) is 128 cm³/mol. The Morgan fingerprint density at radius 1 is 1.08 bits per heavy atom. The number of nitrogens with one attached hydrogen (secondary N) is 1. The number of hydrogen-bond donors (Lipinski definition) is 1. The lowest BCUT2D eigenvalue weighted by Gasteiger charge is -2.35. The van der Waals surface area contributed by atoms with Crippen LogP contribution in [0.2, 0.25) is 5.02 Å². The normalized spacial score (nSPS) is 23.6. The van der Waals surface area contributed by atoms with Gasteiger partial charge in [0.25, 0.3) is 5.91 Å². The molecule has 1 heterocycles. The Bertz CT molecular complexity index is 1380. The van der Waals surface area contributed by atoms with E-state index in [4.69, 9.17) is 11.6 Å². The van der Waals surface area contributed by atoms with E-state index < -0.39 is 38.4 Å². The molecule has 2 bridgehead atoms. The molecule has 5 rings (SSSR count). The zero-order chi connectivity index (χ0) is 25.6. The first-order chi connectivity index (χ1) is 17.1. The first-order valence-electron chi connectivity index (χ1n) is 11.6. The van der Waals surface area contributed by atoms with Crippen LogP contribution in [0.3, 0.4) is 0 Å². The second kappa shape index (κ2) is 9.55. The van der Waals surface area contributed by atoms with Crippen molar-refractivity contribution in [1.29, 1.82) is 0 Å². The van der Waals surface area contributed by atoms with Crippen LogP contribution in [-0.2, 0) is 16.4 Å². The number of nitrogens with zero attached hydrogens (tertiary/aromatic N) is 2. The number of benzene rings is 2. The standard InChI is InChI=1S/C25H23ClF3N3O3S/c26-19-5-4-17(25(33)31-18-11-20(27)23(29)21(28)12-18)10-22(19)36(34,35)24-15-2-3-16(24)9-14(8-15)13-32-7-1-6-30-32/h1,4-7,10-12,14-16,24H,2-3,8-9,13H2,(H,31,33)/t14-,15-,16?,24+/m0/s1. The van der Waals surface area contributed by atoms with E-state index in [9.17, 15) is 26.4 Å². The van der Waals surface area contributed by atoms with E-state index in [1.54, 1.807) is 6.20 Å². The van der Waals surface area contributed by atoms with Crippen molar-refractivity contribution in [2.45, 2.75) is 42.4 Å². The zero-order valence-corrected chi connectivity index (χ0v) is 20.6. The smallest absolute Gasteiger partial charge is 0.255 e. The molecule has 190 valence electrons. The van der Waals surface area contributed by atoms with Gasteiger partial charge in [0, 0.05) is 42.3 Å². The van der Waals surface area contributed by atoms with Crippen molar-refractivity contribution in [3.8, 4) is 0 Å². The van der Waals surface area contributed by atoms with Crippen molar-refractivity contribution in [3.05, 3.63) is 76.8 Å². The minimum absolute atomic E-state index is 0.00323. The van der Waals surface area contributed by atoms with Gasteiger partial charge in [0.2, 0.25) is 0 Å². The van der Waals surface area contributed by atoms with E-state index >= 15 is 0 Å². The Hall–Kier alpha value is -2.85. The minimum atomic E-state index is -3.87. The summed E-state index contributed by atoms with van der Waals surface area (Å²) in [4.78, 5) is 12.6. The molecule has 2 aliphatic carbocycles. The van der Waals surface area contributed by atoms with Crippen molar-refractivity contribution in [3.63, 3.8) is 0 Å². The summed E-state index contributed by atoms with van der Waals surface area (Å²) in [6.07, 6.45) is 6.77. The van der Waals surface area contributed by atoms with Gasteiger partial charge in [-0.25, -0.2) is 21.6 Å². The summed E-state index contributed by atoms with van der Waals surface area (Å²) in [6, 6.07) is 6.98. The van der Waals surface area contributed by atoms with Crippen LogP contribution < -0.4 is 5.32 Å². The molecule has 2 aromatic carbocycles. The molecular weight excluding hydrogens is 515 g/mol. The molecule has 1 unspecified atom stereocenters. The second-order valence-electron chi connectivity index (χ2n) is 9.53. The summed E-state index contributed by atoms with van der Waals surface area (Å²) in [5.41, 5.74) is -0.355. The lowest BCUT2D eigenvalue weighted by molar-refractivity contribution is 0.102. The van der Waals surface area contributed by atoms with Crippen LogP contribution in [0.1, 0.15) is 36.0 Å². The van der Waals surface area contributed by atoms with Gasteiger partial charge in [0.1, 0.15) is 0 Å². The maximum atomic E-state index is 13.8. The van der Waals surface area contributed by atoms with Gasteiger partial charge in [-0.1, -0.05) is 11.6 Å². The summed E-state index contributed by atoms with van der Waals surface area (Å²) < 4.78 is 69.7. The molecule has 0 spiro atoms. The van der Waals surface area contributed by atoms with Crippen LogP contribution in [0.15, 0.2) is 53.7 Å². The molecule has 0 saturated heterocycles. The summed E-state index contributed by atoms with van der Waals surface area (Å²) in [5, 5.41) is 5.94. The Labute approximate surface area is 211 Å². The van der Waals surface area contributed by atoms with E-state index in [1.807, 2.05) is 16.9 Å². The third kappa shape index (κ3) is 4.64. The molecule has 2 saturated carbocycles. The SMILES string of the molecule is O=C(Nc1cc(F)c(F)c(F)c1)c1ccc(Cl)c(S(=O)(=O)[C@H]2C3CC[C@H]2C[C@H](Cn2cccn2)C3)c1. The fraction of sp³-hybridized carbons (Fsp3) is 0.360. The van der Waals surface area contributed by atoms with Crippen molar-refractivity contribution in [2.75, 3.05) is 5.32 Å². The highest BCUT2D eigenvalue weighted by Crippen LogP contribution is 2.50. The van der Waals surface area contributed by atoms with Gasteiger partial charge >= 0.3 is 0 Å². The third-order valence-corrected chi connectivity index (χ3v) is 10.1. The monoisotopic (exact) mass is 537 g/mol. The molecule has 6 nitrogen and oxygen atoms in total. The van der Waals surface area contributed by atoms with Crippen LogP contribution in [0.5, 0.6) is 0 Å². The van der Waals surface area contributed by atoms with E-state index in [2.05, 4.69) is 10.4 Å². The number of amides is 1. The summed E-state index contributed by atoms with van der Waals surface area (Å²) in [5.74, 6) is -5.08. The highest BCUT2D eigenvalue weighted by molar-refractivity contribution is 7.92. The average Bonchev–Trinajstić information content (AvgIpc) is 3.43. The molecule has 1 amide bonds. The Balaban J connectivity index is 1.37. The first kappa shape index (κ1) is 24.8. The second-order valence-corrected chi connectivity index (χ2v) is 12.0. The van der Waals surface area contributed by atoms with E-state index in [1.165, 1.54) is 18.2 Å². The van der Waals surface area contributed by atoms with Gasteiger partial charge in [0.15, 0.2) is 27.3 Å². The highest BCUT2D eigenvalue weighted by atomic mass is 35.5. The van der Waals surface area contributed by atoms with E-state index in [0.29, 0.717) is 18.1 Å². The molecule has 0 aliphatic heterocycles. The lowest BCUT2D eigenvalue weighted by atomic mass is 9.80. The largest absolute Gasteiger partial charge is 0.322 e. The number of halogens is 4. The number of carbonyl (C=O) groups excluding carboxylic acids is 1. The molecule has 0 radical (unpaired) electrons. The number of aromatic nitrogens is 2. The molecule has 36 heavy (non-hydrogen) atoms. The average molecular weight is 538 g/mol. The molecule has 11 heteroatoms. The summed E-state index contributed by atoms with van der Waals surface area (Å²) in [7, 11) is -3.87. The summed E-state index contributed by atoms with van der Waals surface area (Å²) >= 11 is 6.30. The van der Waals surface area contributed by atoms with Crippen LogP contribution in [0.25, 0.3) is 0 Å². The molecular formula is C25H23ClF3N3O3S. The van der Waals surface area contributed by atoms with Gasteiger partial charge in [-0.15, -0.1) is 0 Å². The maximum absolute atomic E-state index is 13.8. The highest BCUT2D eigenvalue weighted by Gasteiger charge is 2.50. The number of anilines is 1. The van der Waals surface area contributed by atoms with Gasteiger partial charge in [-0.05, 0) is 67.7 Å². The maximum Gasteiger partial charge on any atom is 0.255 e. The van der Waals surface area contributed by atoms with Crippen LogP contribution >= 0.6 is 11.6 Å². The Kier molecular flexibility index (Phi) is 6.59. The Morgan fingerprint density at radius 2 is 1.75 bits per heavy atom. The number of fused-ring (bicyclic) bond motifs is 2. The zero-order valence-electron chi connectivity index (χ0n) is 19.0. The van der Waals surface area contributed by atoms with Crippen LogP contribution in [-0.4, -0.2) is 29.4 Å². The van der Waals surface area contributed by atoms with E-state index in [0.717, 1.165) is 32.2 Å². The van der Waals surface area contributed by atoms with Crippen molar-refractivity contribution in [2.24, 2.45) is 17.8 Å². The van der Waals surface area contributed by atoms with Gasteiger partial charge in [0.05, 0.1) is 15.2 Å². The third-order valence-electron chi connectivity index (χ3n) is 7.21. The first-order valence-corrected chi connectivity index (χ1v) is 13.5. The Morgan fingerprint density at radius 3 is 2.36 bits per heavy atom. The molecule has 2 aliphatic rings. The number of sulfone groups is 1. The molecule has 3 aromatic rings. The summed E-state index contributed by atoms with van der Waals surface area (Å²) in [6.45, 7) is 0.744. The van der Waals surface area contributed by atoms with Crippen molar-refractivity contribution in [1.82, 2.24) is 9.78 Å². The fourth-order valence-electron chi connectivity index (χ4n) is 5.77. The van der Waals surface area contributed by atoms with Gasteiger partial charge < -0.3 is 5.32 Å². The van der Waals surface area contributed by atoms with Crippen molar-refractivity contribution < 1.29 is 26.4 Å². The number of rotatable bonds is 6. The predicted octanol–water partition coefficient (Wildman–Crippen LogP) is 5.48. The van der Waals surface area contributed by atoms with Gasteiger partial charge in [-0.3, -0.25) is 9.48 Å². The fourth-order valence-corrected chi connectivity index (χ4v) is 8.64. The van der Waals surface area contributed by atoms with E-state index in [-0.39, 0.29) is 33.0 Å². The molecule has 2 fully saturated rings. The van der Waals surface area contributed by atoms with Gasteiger partial charge in [-0.2, -0.15) is 5.10 Å². The van der Waals surface area contributed by atoms with Crippen LogP contribution in [0.4, 0.5) is 18.9 Å². The number of hydrogen-bond acceptors (Lipinski definition) is 4. The topological polar surface area (TPSA) is 81.1 Å². The number of carbonyl (C=O) groups is 1. The lowest BCUT2D eigenvalue weighted by Crippen LogP contribution is -2.38. The molecule has 1 N–H and O–H groups in total. The minimum Gasteiger partial charge on any atom is -0.322 e. The van der Waals surface area contributed by atoms with Crippen molar-refractivity contribution >= 4 is 33.0 Å². The molecule has 1 aromatic heterocycles. The molecule has 4 atom stereocenters. The quantitative estimate of drug-likeness (QED) is 0.422.